The van der Waals surface area contributed by atoms with Crippen LogP contribution in [-0.2, 0) is 14.8 Å². The molecule has 1 aromatic heterocycles. The number of aromatic nitrogens is 1. The van der Waals surface area contributed by atoms with Crippen molar-refractivity contribution < 1.29 is 17.6 Å². The summed E-state index contributed by atoms with van der Waals surface area (Å²) < 4.78 is 40.9. The molecule has 0 atom stereocenters. The molecule has 0 unspecified atom stereocenters. The average Bonchev–Trinajstić information content (AvgIpc) is 2.68. The monoisotopic (exact) mass is 335 g/mol. The molecule has 8 heteroatoms. The van der Waals surface area contributed by atoms with Crippen molar-refractivity contribution in [1.29, 1.82) is 0 Å². The van der Waals surface area contributed by atoms with Gasteiger partial charge in [0.15, 0.2) is 0 Å². The lowest BCUT2D eigenvalue weighted by molar-refractivity contribution is -0.115. The van der Waals surface area contributed by atoms with Crippen LogP contribution in [0.25, 0.3) is 0 Å². The second kappa shape index (κ2) is 5.62. The lowest BCUT2D eigenvalue weighted by Crippen LogP contribution is -2.32. The Morgan fingerprint density at radius 3 is 2.87 bits per heavy atom. The largest absolute Gasteiger partial charge is 0.323 e. The number of carbonyl (C=O) groups is 1. The molecule has 0 bridgehead atoms. The number of hydrogen-bond acceptors (Lipinski definition) is 4. The molecule has 2 aromatic rings. The topological polar surface area (TPSA) is 79.4 Å². The van der Waals surface area contributed by atoms with Gasteiger partial charge in [0, 0.05) is 19.2 Å². The molecule has 0 saturated carbocycles. The highest BCUT2D eigenvalue weighted by Gasteiger charge is 2.32. The van der Waals surface area contributed by atoms with Crippen molar-refractivity contribution in [2.24, 2.45) is 0 Å². The van der Waals surface area contributed by atoms with Gasteiger partial charge >= 0.3 is 0 Å². The summed E-state index contributed by atoms with van der Waals surface area (Å²) in [6.45, 7) is 1.61. The molecule has 0 fully saturated rings. The smallest absolute Gasteiger partial charge is 0.267 e. The first-order valence-corrected chi connectivity index (χ1v) is 8.36. The molecule has 1 aliphatic rings. The highest BCUT2D eigenvalue weighted by atomic mass is 32.2. The van der Waals surface area contributed by atoms with Crippen LogP contribution in [0, 0.1) is 12.7 Å². The number of halogens is 1. The lowest BCUT2D eigenvalue weighted by Gasteiger charge is -2.23. The number of fused-ring (bicyclic) bond motifs is 1. The number of amides is 1. The van der Waals surface area contributed by atoms with Gasteiger partial charge in [0.1, 0.15) is 10.7 Å². The minimum absolute atomic E-state index is 0.0264. The number of sulfonamides is 1. The molecular formula is C15H14FN3O3S. The Morgan fingerprint density at radius 1 is 1.30 bits per heavy atom. The minimum Gasteiger partial charge on any atom is -0.323 e. The van der Waals surface area contributed by atoms with E-state index >= 15 is 0 Å². The molecular weight excluding hydrogens is 321 g/mol. The molecule has 23 heavy (non-hydrogen) atoms. The van der Waals surface area contributed by atoms with E-state index in [1.165, 1.54) is 30.6 Å². The molecule has 6 nitrogen and oxygen atoms in total. The fourth-order valence-electron chi connectivity index (χ4n) is 2.41. The number of rotatable bonds is 2. The summed E-state index contributed by atoms with van der Waals surface area (Å²) in [5.41, 5.74) is 1.18. The van der Waals surface area contributed by atoms with Gasteiger partial charge in [-0.15, -0.1) is 0 Å². The van der Waals surface area contributed by atoms with Crippen LogP contribution in [0.4, 0.5) is 15.8 Å². The predicted molar refractivity (Wildman–Crippen MR) is 83.2 cm³/mol. The van der Waals surface area contributed by atoms with Crippen molar-refractivity contribution in [3.63, 3.8) is 0 Å². The maximum atomic E-state index is 14.1. The summed E-state index contributed by atoms with van der Waals surface area (Å²) in [6, 6.07) is 5.38. The Morgan fingerprint density at radius 2 is 2.09 bits per heavy atom. The van der Waals surface area contributed by atoms with E-state index in [1.807, 2.05) is 0 Å². The summed E-state index contributed by atoms with van der Waals surface area (Å²) in [5.74, 6) is -1.14. The van der Waals surface area contributed by atoms with Crippen LogP contribution < -0.4 is 9.62 Å². The number of anilines is 2. The van der Waals surface area contributed by atoms with E-state index in [4.69, 9.17) is 0 Å². The van der Waals surface area contributed by atoms with Gasteiger partial charge in [0.2, 0.25) is 5.91 Å². The van der Waals surface area contributed by atoms with Gasteiger partial charge in [0.05, 0.1) is 17.6 Å². The van der Waals surface area contributed by atoms with E-state index in [0.29, 0.717) is 5.56 Å². The Kier molecular flexibility index (Phi) is 3.77. The first-order valence-electron chi connectivity index (χ1n) is 6.92. The molecule has 1 N–H and O–H groups in total. The molecule has 3 rings (SSSR count). The SMILES string of the molecule is Cc1ccc(F)c(S(=O)(=O)N2CCC(=O)Nc3cnccc32)c1. The fraction of sp³-hybridized carbons (Fsp3) is 0.200. The Labute approximate surface area is 133 Å². The number of pyridine rings is 1. The minimum atomic E-state index is -4.14. The first-order chi connectivity index (χ1) is 10.9. The standard InChI is InChI=1S/C15H14FN3O3S/c1-10-2-3-11(16)14(8-10)23(21,22)19-7-5-15(20)18-12-9-17-6-4-13(12)19/h2-4,6,8-9H,5,7H2,1H3,(H,18,20). The third kappa shape index (κ3) is 2.77. The van der Waals surface area contributed by atoms with Crippen LogP contribution in [0.2, 0.25) is 0 Å². The number of nitrogens with zero attached hydrogens (tertiary/aromatic N) is 2. The van der Waals surface area contributed by atoms with E-state index in [-0.39, 0.29) is 30.2 Å². The van der Waals surface area contributed by atoms with E-state index in [0.717, 1.165) is 10.4 Å². The summed E-state index contributed by atoms with van der Waals surface area (Å²) in [4.78, 5) is 15.2. The van der Waals surface area contributed by atoms with Crippen molar-refractivity contribution in [2.45, 2.75) is 18.2 Å². The number of hydrogen-bond donors (Lipinski definition) is 1. The third-order valence-electron chi connectivity index (χ3n) is 3.54. The third-order valence-corrected chi connectivity index (χ3v) is 5.37. The second-order valence-corrected chi connectivity index (χ2v) is 7.03. The fourth-order valence-corrected chi connectivity index (χ4v) is 4.05. The molecule has 1 aromatic carbocycles. The average molecular weight is 335 g/mol. The molecule has 2 heterocycles. The number of aryl methyl sites for hydroxylation is 1. The molecule has 0 saturated heterocycles. The molecule has 1 amide bonds. The predicted octanol–water partition coefficient (Wildman–Crippen LogP) is 2.07. The molecule has 120 valence electrons. The van der Waals surface area contributed by atoms with Crippen molar-refractivity contribution in [3.05, 3.63) is 48.0 Å². The maximum absolute atomic E-state index is 14.1. The lowest BCUT2D eigenvalue weighted by atomic mass is 10.2. The zero-order valence-corrected chi connectivity index (χ0v) is 13.1. The van der Waals surface area contributed by atoms with E-state index in [9.17, 15) is 17.6 Å². The number of benzene rings is 1. The molecule has 1 aliphatic heterocycles. The highest BCUT2D eigenvalue weighted by molar-refractivity contribution is 7.92. The summed E-state index contributed by atoms with van der Waals surface area (Å²) >= 11 is 0. The summed E-state index contributed by atoms with van der Waals surface area (Å²) in [5, 5.41) is 2.60. The highest BCUT2D eigenvalue weighted by Crippen LogP contribution is 2.33. The van der Waals surface area contributed by atoms with Crippen LogP contribution in [0.1, 0.15) is 12.0 Å². The van der Waals surface area contributed by atoms with Gasteiger partial charge in [-0.25, -0.2) is 12.8 Å². The van der Waals surface area contributed by atoms with Crippen molar-refractivity contribution in [3.8, 4) is 0 Å². The second-order valence-electron chi connectivity index (χ2n) is 5.20. The molecule has 0 radical (unpaired) electrons. The van der Waals surface area contributed by atoms with Crippen molar-refractivity contribution >= 4 is 27.3 Å². The van der Waals surface area contributed by atoms with Gasteiger partial charge in [-0.05, 0) is 30.7 Å². The summed E-state index contributed by atoms with van der Waals surface area (Å²) in [6.07, 6.45) is 2.76. The van der Waals surface area contributed by atoms with Crippen LogP contribution in [0.5, 0.6) is 0 Å². The van der Waals surface area contributed by atoms with Gasteiger partial charge in [-0.2, -0.15) is 0 Å². The quantitative estimate of drug-likeness (QED) is 0.911. The molecule has 0 aliphatic carbocycles. The Hall–Kier alpha value is -2.48. The number of carbonyl (C=O) groups excluding carboxylic acids is 1. The van der Waals surface area contributed by atoms with Gasteiger partial charge in [-0.1, -0.05) is 6.07 Å². The van der Waals surface area contributed by atoms with Gasteiger partial charge < -0.3 is 5.32 Å². The Balaban J connectivity index is 2.17. The van der Waals surface area contributed by atoms with Crippen LogP contribution in [0.3, 0.4) is 0 Å². The van der Waals surface area contributed by atoms with Crippen LogP contribution >= 0.6 is 0 Å². The summed E-state index contributed by atoms with van der Waals surface area (Å²) in [7, 11) is -4.14. The molecule has 0 spiro atoms. The van der Waals surface area contributed by atoms with E-state index in [1.54, 1.807) is 6.92 Å². The van der Waals surface area contributed by atoms with Crippen molar-refractivity contribution in [2.75, 3.05) is 16.2 Å². The maximum Gasteiger partial charge on any atom is 0.267 e. The zero-order valence-electron chi connectivity index (χ0n) is 12.3. The normalized spacial score (nSPS) is 14.9. The van der Waals surface area contributed by atoms with Gasteiger partial charge in [0.25, 0.3) is 10.0 Å². The Bertz CT molecular complexity index is 883. The van der Waals surface area contributed by atoms with E-state index in [2.05, 4.69) is 10.3 Å². The first kappa shape index (κ1) is 15.4. The zero-order chi connectivity index (χ0) is 16.6. The van der Waals surface area contributed by atoms with E-state index < -0.39 is 20.7 Å². The number of nitrogens with one attached hydrogen (secondary N) is 1. The van der Waals surface area contributed by atoms with Crippen molar-refractivity contribution in [1.82, 2.24) is 4.98 Å². The van der Waals surface area contributed by atoms with Crippen LogP contribution in [-0.4, -0.2) is 25.9 Å². The van der Waals surface area contributed by atoms with Crippen LogP contribution in [0.15, 0.2) is 41.6 Å². The van der Waals surface area contributed by atoms with Gasteiger partial charge in [-0.3, -0.25) is 14.1 Å².